The molecule has 102 valence electrons. The van der Waals surface area contributed by atoms with Crippen LogP contribution in [0.25, 0.3) is 0 Å². The van der Waals surface area contributed by atoms with Crippen LogP contribution in [0, 0.1) is 11.3 Å². The number of halogens is 1. The SMILES string of the molecule is CCOc1ccc(C(C#N)C(=O)c2sccc2Cl)cc1. The number of nitriles is 1. The molecule has 0 N–H and O–H groups in total. The van der Waals surface area contributed by atoms with Gasteiger partial charge in [0.05, 0.1) is 22.6 Å². The van der Waals surface area contributed by atoms with Gasteiger partial charge >= 0.3 is 0 Å². The van der Waals surface area contributed by atoms with E-state index in [-0.39, 0.29) is 5.78 Å². The molecule has 2 rings (SSSR count). The molecule has 0 saturated heterocycles. The van der Waals surface area contributed by atoms with Gasteiger partial charge in [0.2, 0.25) is 0 Å². The predicted molar refractivity (Wildman–Crippen MR) is 79.6 cm³/mol. The number of ketones is 1. The smallest absolute Gasteiger partial charge is 0.195 e. The number of Topliss-reactive ketones (excluding diaryl/α,β-unsaturated/α-hetero) is 1. The summed E-state index contributed by atoms with van der Waals surface area (Å²) in [5.74, 6) is -0.395. The summed E-state index contributed by atoms with van der Waals surface area (Å²) in [7, 11) is 0. The first-order valence-electron chi connectivity index (χ1n) is 6.07. The van der Waals surface area contributed by atoms with Crippen LogP contribution < -0.4 is 4.74 Å². The van der Waals surface area contributed by atoms with E-state index in [0.29, 0.717) is 22.1 Å². The first-order chi connectivity index (χ1) is 9.67. The van der Waals surface area contributed by atoms with Crippen molar-refractivity contribution in [2.75, 3.05) is 6.61 Å². The van der Waals surface area contributed by atoms with Crippen molar-refractivity contribution >= 4 is 28.7 Å². The van der Waals surface area contributed by atoms with Gasteiger partial charge in [-0.15, -0.1) is 11.3 Å². The van der Waals surface area contributed by atoms with E-state index in [1.807, 2.05) is 13.0 Å². The van der Waals surface area contributed by atoms with E-state index in [4.69, 9.17) is 16.3 Å². The van der Waals surface area contributed by atoms with E-state index in [1.165, 1.54) is 11.3 Å². The summed E-state index contributed by atoms with van der Waals surface area (Å²) in [6.45, 7) is 2.47. The molecule has 1 unspecified atom stereocenters. The van der Waals surface area contributed by atoms with Crippen molar-refractivity contribution in [2.45, 2.75) is 12.8 Å². The van der Waals surface area contributed by atoms with Crippen LogP contribution in [0.3, 0.4) is 0 Å². The number of nitrogens with zero attached hydrogens (tertiary/aromatic N) is 1. The molecule has 1 aromatic carbocycles. The van der Waals surface area contributed by atoms with Crippen LogP contribution in [-0.2, 0) is 0 Å². The average molecular weight is 306 g/mol. The van der Waals surface area contributed by atoms with Crippen LogP contribution in [0.15, 0.2) is 35.7 Å². The van der Waals surface area contributed by atoms with E-state index >= 15 is 0 Å². The van der Waals surface area contributed by atoms with E-state index in [1.54, 1.807) is 35.7 Å². The second kappa shape index (κ2) is 6.56. The summed E-state index contributed by atoms with van der Waals surface area (Å²) in [4.78, 5) is 12.8. The Hall–Kier alpha value is -1.83. The molecular formula is C15H12ClNO2S. The third kappa shape index (κ3) is 3.01. The summed E-state index contributed by atoms with van der Waals surface area (Å²) in [6.07, 6.45) is 0. The van der Waals surface area contributed by atoms with E-state index in [2.05, 4.69) is 0 Å². The maximum Gasteiger partial charge on any atom is 0.195 e. The molecule has 2 aromatic rings. The lowest BCUT2D eigenvalue weighted by Crippen LogP contribution is -2.10. The number of hydrogen-bond donors (Lipinski definition) is 0. The second-order valence-corrected chi connectivity index (χ2v) is 5.35. The van der Waals surface area contributed by atoms with Gasteiger partial charge in [-0.05, 0) is 36.1 Å². The Kier molecular flexibility index (Phi) is 4.78. The standard InChI is InChI=1S/C15H12ClNO2S/c1-2-19-11-5-3-10(4-6-11)12(9-17)14(18)15-13(16)7-8-20-15/h3-8,12H,2H2,1H3. The second-order valence-electron chi connectivity index (χ2n) is 4.03. The van der Waals surface area contributed by atoms with Crippen LogP contribution in [-0.4, -0.2) is 12.4 Å². The third-order valence-corrected chi connectivity index (χ3v) is 4.11. The number of hydrogen-bond acceptors (Lipinski definition) is 4. The van der Waals surface area contributed by atoms with Crippen molar-refractivity contribution in [3.05, 3.63) is 51.2 Å². The monoisotopic (exact) mass is 305 g/mol. The zero-order chi connectivity index (χ0) is 14.5. The fourth-order valence-electron chi connectivity index (χ4n) is 1.81. The fraction of sp³-hybridized carbons (Fsp3) is 0.200. The minimum Gasteiger partial charge on any atom is -0.494 e. The number of rotatable bonds is 5. The maximum absolute atomic E-state index is 12.3. The first kappa shape index (κ1) is 14.6. The molecule has 0 bridgehead atoms. The molecule has 0 saturated carbocycles. The molecule has 0 spiro atoms. The Balaban J connectivity index is 2.27. The molecule has 1 heterocycles. The number of benzene rings is 1. The quantitative estimate of drug-likeness (QED) is 0.774. The van der Waals surface area contributed by atoms with Crippen LogP contribution in [0.1, 0.15) is 28.1 Å². The molecule has 0 amide bonds. The minimum atomic E-state index is -0.846. The van der Waals surface area contributed by atoms with E-state index < -0.39 is 5.92 Å². The molecule has 20 heavy (non-hydrogen) atoms. The topological polar surface area (TPSA) is 50.1 Å². The van der Waals surface area contributed by atoms with Gasteiger partial charge in [-0.1, -0.05) is 23.7 Å². The molecule has 0 aliphatic carbocycles. The summed E-state index contributed by atoms with van der Waals surface area (Å²) >= 11 is 7.20. The number of thiophene rings is 1. The number of ether oxygens (including phenoxy) is 1. The first-order valence-corrected chi connectivity index (χ1v) is 7.32. The van der Waals surface area contributed by atoms with Crippen molar-refractivity contribution in [1.82, 2.24) is 0 Å². The Morgan fingerprint density at radius 3 is 2.60 bits per heavy atom. The third-order valence-electron chi connectivity index (χ3n) is 2.76. The molecule has 1 atom stereocenters. The number of carbonyl (C=O) groups excluding carboxylic acids is 1. The molecule has 3 nitrogen and oxygen atoms in total. The zero-order valence-electron chi connectivity index (χ0n) is 10.8. The van der Waals surface area contributed by atoms with Gasteiger partial charge < -0.3 is 4.74 Å². The van der Waals surface area contributed by atoms with Crippen molar-refractivity contribution in [2.24, 2.45) is 0 Å². The summed E-state index contributed by atoms with van der Waals surface area (Å²) < 4.78 is 5.34. The van der Waals surface area contributed by atoms with Gasteiger partial charge in [0, 0.05) is 0 Å². The average Bonchev–Trinajstić information content (AvgIpc) is 2.88. The summed E-state index contributed by atoms with van der Waals surface area (Å²) in [6, 6.07) is 10.7. The van der Waals surface area contributed by atoms with Gasteiger partial charge in [0.1, 0.15) is 11.7 Å². The lowest BCUT2D eigenvalue weighted by molar-refractivity contribution is 0.0983. The highest BCUT2D eigenvalue weighted by molar-refractivity contribution is 7.12. The van der Waals surface area contributed by atoms with Crippen LogP contribution in [0.5, 0.6) is 5.75 Å². The summed E-state index contributed by atoms with van der Waals surface area (Å²) in [5.41, 5.74) is 0.644. The molecule has 0 fully saturated rings. The largest absolute Gasteiger partial charge is 0.494 e. The van der Waals surface area contributed by atoms with Gasteiger partial charge in [-0.2, -0.15) is 5.26 Å². The van der Waals surface area contributed by atoms with Gasteiger partial charge in [-0.25, -0.2) is 0 Å². The lowest BCUT2D eigenvalue weighted by atomic mass is 9.95. The summed E-state index contributed by atoms with van der Waals surface area (Å²) in [5, 5.41) is 11.4. The molecule has 0 aliphatic rings. The zero-order valence-corrected chi connectivity index (χ0v) is 12.4. The van der Waals surface area contributed by atoms with Crippen molar-refractivity contribution in [3.63, 3.8) is 0 Å². The highest BCUT2D eigenvalue weighted by Crippen LogP contribution is 2.29. The van der Waals surface area contributed by atoms with Crippen molar-refractivity contribution < 1.29 is 9.53 Å². The van der Waals surface area contributed by atoms with Crippen LogP contribution in [0.2, 0.25) is 5.02 Å². The molecule has 5 heteroatoms. The highest BCUT2D eigenvalue weighted by atomic mass is 35.5. The van der Waals surface area contributed by atoms with Gasteiger partial charge in [0.25, 0.3) is 0 Å². The van der Waals surface area contributed by atoms with Gasteiger partial charge in [-0.3, -0.25) is 4.79 Å². The molecule has 1 aromatic heterocycles. The molecule has 0 radical (unpaired) electrons. The van der Waals surface area contributed by atoms with E-state index in [9.17, 15) is 10.1 Å². The van der Waals surface area contributed by atoms with Gasteiger partial charge in [0.15, 0.2) is 5.78 Å². The Bertz CT molecular complexity index is 643. The Morgan fingerprint density at radius 1 is 1.40 bits per heavy atom. The maximum atomic E-state index is 12.3. The van der Waals surface area contributed by atoms with Crippen molar-refractivity contribution in [3.8, 4) is 11.8 Å². The Morgan fingerprint density at radius 2 is 2.10 bits per heavy atom. The molecule has 0 aliphatic heterocycles. The van der Waals surface area contributed by atoms with Crippen molar-refractivity contribution in [1.29, 1.82) is 5.26 Å². The predicted octanol–water partition coefficient (Wildman–Crippen LogP) is 4.29. The van der Waals surface area contributed by atoms with Crippen LogP contribution >= 0.6 is 22.9 Å². The minimum absolute atomic E-state index is 0.267. The number of carbonyl (C=O) groups is 1. The fourth-order valence-corrected chi connectivity index (χ4v) is 2.93. The Labute approximate surface area is 126 Å². The van der Waals surface area contributed by atoms with Crippen LogP contribution in [0.4, 0.5) is 0 Å². The lowest BCUT2D eigenvalue weighted by Gasteiger charge is -2.09. The highest BCUT2D eigenvalue weighted by Gasteiger charge is 2.24. The normalized spacial score (nSPS) is 11.7. The molecular weight excluding hydrogens is 294 g/mol. The van der Waals surface area contributed by atoms with E-state index in [0.717, 1.165) is 5.75 Å².